The minimum Gasteiger partial charge on any atom is -0.481 e. The van der Waals surface area contributed by atoms with Crippen LogP contribution in [0.15, 0.2) is 12.4 Å². The van der Waals surface area contributed by atoms with E-state index in [1.165, 1.54) is 0 Å². The minimum atomic E-state index is -0.606. The van der Waals surface area contributed by atoms with Crippen molar-refractivity contribution >= 4 is 5.97 Å². The molecule has 0 spiro atoms. The first-order chi connectivity index (χ1) is 12.6. The van der Waals surface area contributed by atoms with E-state index in [2.05, 4.69) is 19.4 Å². The maximum absolute atomic E-state index is 12.2. The maximum atomic E-state index is 12.2. The SMILES string of the molecule is Cc1nccn1CCCN1C[C@H]2CN(C3CCOCC3)C[C@@]2(C(=O)O)C1. The lowest BCUT2D eigenvalue weighted by Gasteiger charge is -2.33. The first-order valence-corrected chi connectivity index (χ1v) is 9.84. The van der Waals surface area contributed by atoms with E-state index in [-0.39, 0.29) is 5.92 Å². The average molecular weight is 362 g/mol. The monoisotopic (exact) mass is 362 g/mol. The van der Waals surface area contributed by atoms with E-state index in [9.17, 15) is 9.90 Å². The quantitative estimate of drug-likeness (QED) is 0.817. The van der Waals surface area contributed by atoms with Gasteiger partial charge in [-0.3, -0.25) is 9.69 Å². The van der Waals surface area contributed by atoms with Gasteiger partial charge in [0.2, 0.25) is 0 Å². The average Bonchev–Trinajstić information content (AvgIpc) is 3.29. The molecule has 4 heterocycles. The molecule has 7 heteroatoms. The van der Waals surface area contributed by atoms with Crippen LogP contribution in [0.2, 0.25) is 0 Å². The smallest absolute Gasteiger partial charge is 0.312 e. The topological polar surface area (TPSA) is 70.8 Å². The molecule has 0 saturated carbocycles. The van der Waals surface area contributed by atoms with E-state index >= 15 is 0 Å². The molecule has 26 heavy (non-hydrogen) atoms. The summed E-state index contributed by atoms with van der Waals surface area (Å²) < 4.78 is 7.63. The molecule has 0 bridgehead atoms. The summed E-state index contributed by atoms with van der Waals surface area (Å²) in [5.74, 6) is 0.681. The lowest BCUT2D eigenvalue weighted by molar-refractivity contribution is -0.149. The summed E-state index contributed by atoms with van der Waals surface area (Å²) in [6.45, 7) is 8.77. The number of hydrogen-bond donors (Lipinski definition) is 1. The molecule has 7 nitrogen and oxygen atoms in total. The first-order valence-electron chi connectivity index (χ1n) is 9.84. The number of likely N-dealkylation sites (tertiary alicyclic amines) is 2. The summed E-state index contributed by atoms with van der Waals surface area (Å²) in [5, 5.41) is 10.0. The van der Waals surface area contributed by atoms with Gasteiger partial charge >= 0.3 is 5.97 Å². The Labute approximate surface area is 154 Å². The lowest BCUT2D eigenvalue weighted by atomic mass is 9.81. The number of rotatable bonds is 6. The molecule has 0 amide bonds. The molecule has 1 aromatic rings. The van der Waals surface area contributed by atoms with Gasteiger partial charge in [0.25, 0.3) is 0 Å². The van der Waals surface area contributed by atoms with Crippen molar-refractivity contribution in [1.82, 2.24) is 19.4 Å². The number of carboxylic acids is 1. The summed E-state index contributed by atoms with van der Waals surface area (Å²) in [4.78, 5) is 21.3. The van der Waals surface area contributed by atoms with Crippen LogP contribution in [0.3, 0.4) is 0 Å². The van der Waals surface area contributed by atoms with E-state index in [0.29, 0.717) is 19.1 Å². The van der Waals surface area contributed by atoms with Crippen molar-refractivity contribution in [3.8, 4) is 0 Å². The van der Waals surface area contributed by atoms with Crippen LogP contribution in [0.1, 0.15) is 25.1 Å². The van der Waals surface area contributed by atoms with E-state index in [1.54, 1.807) is 0 Å². The Hall–Kier alpha value is -1.44. The zero-order valence-corrected chi connectivity index (χ0v) is 15.6. The van der Waals surface area contributed by atoms with Crippen molar-refractivity contribution < 1.29 is 14.6 Å². The van der Waals surface area contributed by atoms with Crippen LogP contribution in [-0.2, 0) is 16.1 Å². The number of hydrogen-bond acceptors (Lipinski definition) is 5. The summed E-state index contributed by atoms with van der Waals surface area (Å²) in [6.07, 6.45) is 6.95. The molecule has 4 rings (SSSR count). The van der Waals surface area contributed by atoms with E-state index < -0.39 is 11.4 Å². The fourth-order valence-electron chi connectivity index (χ4n) is 5.11. The molecular formula is C19H30N4O3. The zero-order valence-electron chi connectivity index (χ0n) is 15.6. The fraction of sp³-hybridized carbons (Fsp3) is 0.789. The second kappa shape index (κ2) is 7.29. The first kappa shape index (κ1) is 17.9. The number of carboxylic acid groups (broad SMARTS) is 1. The van der Waals surface area contributed by atoms with Crippen molar-refractivity contribution in [2.45, 2.75) is 38.8 Å². The summed E-state index contributed by atoms with van der Waals surface area (Å²) >= 11 is 0. The minimum absolute atomic E-state index is 0.248. The molecule has 0 aromatic carbocycles. The van der Waals surface area contributed by atoms with Gasteiger partial charge in [-0.2, -0.15) is 0 Å². The highest BCUT2D eigenvalue weighted by Gasteiger charge is 2.58. The Morgan fingerprint density at radius 3 is 2.77 bits per heavy atom. The summed E-state index contributed by atoms with van der Waals surface area (Å²) in [7, 11) is 0. The Morgan fingerprint density at radius 1 is 1.31 bits per heavy atom. The Kier molecular flexibility index (Phi) is 5.03. The molecule has 3 saturated heterocycles. The predicted octanol–water partition coefficient (Wildman–Crippen LogP) is 1.08. The van der Waals surface area contributed by atoms with Gasteiger partial charge in [0.1, 0.15) is 5.82 Å². The van der Waals surface area contributed by atoms with Crippen molar-refractivity contribution in [3.63, 3.8) is 0 Å². The third-order valence-electron chi connectivity index (χ3n) is 6.64. The normalized spacial score (nSPS) is 30.7. The second-order valence-corrected chi connectivity index (χ2v) is 8.19. The third kappa shape index (κ3) is 3.28. The number of nitrogens with zero attached hydrogens (tertiary/aromatic N) is 4. The number of imidazole rings is 1. The number of ether oxygens (including phenoxy) is 1. The maximum Gasteiger partial charge on any atom is 0.312 e. The molecule has 0 aliphatic carbocycles. The van der Waals surface area contributed by atoms with Crippen molar-refractivity contribution in [2.75, 3.05) is 45.9 Å². The van der Waals surface area contributed by atoms with E-state index in [0.717, 1.165) is 64.5 Å². The van der Waals surface area contributed by atoms with Crippen molar-refractivity contribution in [2.24, 2.45) is 11.3 Å². The standard InChI is InChI=1S/C19H30N4O3/c1-15-20-5-8-22(15)7-2-6-21-11-16-12-23(17-3-9-26-10-4-17)14-19(16,13-21)18(24)25/h5,8,16-17H,2-4,6-7,9-14H2,1H3,(H,24,25)/t16-,19-/m0/s1. The number of carbonyl (C=O) groups is 1. The number of aliphatic carboxylic acids is 1. The second-order valence-electron chi connectivity index (χ2n) is 8.19. The Morgan fingerprint density at radius 2 is 2.12 bits per heavy atom. The zero-order chi connectivity index (χ0) is 18.1. The number of aromatic nitrogens is 2. The lowest BCUT2D eigenvalue weighted by Crippen LogP contribution is -2.44. The summed E-state index contributed by atoms with van der Waals surface area (Å²) in [5.41, 5.74) is -0.580. The van der Waals surface area contributed by atoms with Gasteiger partial charge in [0, 0.05) is 70.3 Å². The van der Waals surface area contributed by atoms with Gasteiger partial charge in [-0.05, 0) is 32.7 Å². The van der Waals surface area contributed by atoms with Crippen LogP contribution in [-0.4, -0.2) is 82.4 Å². The van der Waals surface area contributed by atoms with Crippen LogP contribution in [0, 0.1) is 18.3 Å². The predicted molar refractivity (Wildman–Crippen MR) is 97.0 cm³/mol. The molecule has 2 atom stereocenters. The van der Waals surface area contributed by atoms with Crippen molar-refractivity contribution in [3.05, 3.63) is 18.2 Å². The highest BCUT2D eigenvalue weighted by Crippen LogP contribution is 2.44. The van der Waals surface area contributed by atoms with E-state index in [1.807, 2.05) is 19.3 Å². The van der Waals surface area contributed by atoms with Crippen LogP contribution in [0.5, 0.6) is 0 Å². The summed E-state index contributed by atoms with van der Waals surface area (Å²) in [6, 6.07) is 0.503. The van der Waals surface area contributed by atoms with Crippen molar-refractivity contribution in [1.29, 1.82) is 0 Å². The molecular weight excluding hydrogens is 332 g/mol. The third-order valence-corrected chi connectivity index (χ3v) is 6.64. The largest absolute Gasteiger partial charge is 0.481 e. The Bertz CT molecular complexity index is 642. The molecule has 0 radical (unpaired) electrons. The molecule has 3 fully saturated rings. The van der Waals surface area contributed by atoms with Gasteiger partial charge in [0.05, 0.1) is 5.41 Å². The molecule has 144 valence electrons. The number of aryl methyl sites for hydroxylation is 2. The molecule has 3 aliphatic rings. The van der Waals surface area contributed by atoms with Crippen LogP contribution in [0.25, 0.3) is 0 Å². The van der Waals surface area contributed by atoms with E-state index in [4.69, 9.17) is 4.74 Å². The Balaban J connectivity index is 1.34. The van der Waals surface area contributed by atoms with Gasteiger partial charge in [0.15, 0.2) is 0 Å². The highest BCUT2D eigenvalue weighted by atomic mass is 16.5. The molecule has 1 aromatic heterocycles. The van der Waals surface area contributed by atoms with Gasteiger partial charge in [-0.1, -0.05) is 0 Å². The molecule has 0 unspecified atom stereocenters. The van der Waals surface area contributed by atoms with Gasteiger partial charge in [-0.15, -0.1) is 0 Å². The van der Waals surface area contributed by atoms with Crippen LogP contribution >= 0.6 is 0 Å². The van der Waals surface area contributed by atoms with Gasteiger partial charge < -0.3 is 19.3 Å². The molecule has 1 N–H and O–H groups in total. The number of fused-ring (bicyclic) bond motifs is 1. The highest BCUT2D eigenvalue weighted by molar-refractivity contribution is 5.77. The van der Waals surface area contributed by atoms with Crippen LogP contribution in [0.4, 0.5) is 0 Å². The fourth-order valence-corrected chi connectivity index (χ4v) is 5.11. The van der Waals surface area contributed by atoms with Gasteiger partial charge in [-0.25, -0.2) is 4.98 Å². The van der Waals surface area contributed by atoms with Crippen LogP contribution < -0.4 is 0 Å². The molecule has 3 aliphatic heterocycles.